The van der Waals surface area contributed by atoms with Gasteiger partial charge in [0.15, 0.2) is 0 Å². The Morgan fingerprint density at radius 1 is 1.26 bits per heavy atom. The Kier molecular flexibility index (Phi) is 10.3. The van der Waals surface area contributed by atoms with Crippen LogP contribution in [-0.2, 0) is 6.42 Å². The molecule has 0 aromatic heterocycles. The highest BCUT2D eigenvalue weighted by Crippen LogP contribution is 2.48. The van der Waals surface area contributed by atoms with E-state index in [1.54, 1.807) is 0 Å². The lowest BCUT2D eigenvalue weighted by Crippen LogP contribution is -2.43. The minimum atomic E-state index is -0.0343. The third kappa shape index (κ3) is 7.20. The number of aliphatic hydroxyl groups is 1. The summed E-state index contributed by atoms with van der Waals surface area (Å²) in [6, 6.07) is 6.26. The van der Waals surface area contributed by atoms with Gasteiger partial charge in [-0.3, -0.25) is 9.69 Å². The van der Waals surface area contributed by atoms with Crippen LogP contribution in [0.1, 0.15) is 81.1 Å². The molecule has 1 aromatic carbocycles. The van der Waals surface area contributed by atoms with Gasteiger partial charge in [-0.15, -0.1) is 0 Å². The molecule has 4 nitrogen and oxygen atoms in total. The Labute approximate surface area is 194 Å². The van der Waals surface area contributed by atoms with E-state index in [0.717, 1.165) is 37.4 Å². The number of carbonyl (C=O) groups is 1. The lowest BCUT2D eigenvalue weighted by molar-refractivity contribution is 0.0681. The SMILES string of the molecule is CC(C)N(CCO)CCCc1ccc(Cl)c(C(=O)NCC23CCCC(CCC2)C3)c1.[CH2]. The van der Waals surface area contributed by atoms with Gasteiger partial charge < -0.3 is 10.4 Å². The smallest absolute Gasteiger partial charge is 0.252 e. The number of benzene rings is 1. The van der Waals surface area contributed by atoms with Crippen LogP contribution < -0.4 is 5.32 Å². The van der Waals surface area contributed by atoms with Crippen LogP contribution >= 0.6 is 11.6 Å². The minimum absolute atomic E-state index is 0. The summed E-state index contributed by atoms with van der Waals surface area (Å²) < 4.78 is 0. The van der Waals surface area contributed by atoms with Crippen molar-refractivity contribution in [3.63, 3.8) is 0 Å². The van der Waals surface area contributed by atoms with Crippen molar-refractivity contribution in [3.8, 4) is 0 Å². The fourth-order valence-corrected chi connectivity index (χ4v) is 5.78. The number of nitrogens with one attached hydrogen (secondary N) is 1. The van der Waals surface area contributed by atoms with Gasteiger partial charge in [-0.05, 0) is 81.5 Å². The zero-order valence-electron chi connectivity index (χ0n) is 19.5. The van der Waals surface area contributed by atoms with E-state index in [2.05, 4.69) is 24.1 Å². The summed E-state index contributed by atoms with van der Waals surface area (Å²) in [5.74, 6) is 0.834. The molecule has 2 fully saturated rings. The second-order valence-corrected chi connectivity index (χ2v) is 10.2. The molecule has 2 N–H and O–H groups in total. The summed E-state index contributed by atoms with van der Waals surface area (Å²) in [4.78, 5) is 15.2. The Morgan fingerprint density at radius 2 is 1.97 bits per heavy atom. The van der Waals surface area contributed by atoms with Crippen LogP contribution in [0.15, 0.2) is 18.2 Å². The molecule has 0 saturated heterocycles. The van der Waals surface area contributed by atoms with Gasteiger partial charge in [0.1, 0.15) is 0 Å². The first-order valence-corrected chi connectivity index (χ1v) is 12.2. The molecule has 0 spiro atoms. The van der Waals surface area contributed by atoms with E-state index >= 15 is 0 Å². The van der Waals surface area contributed by atoms with E-state index in [1.807, 2.05) is 18.2 Å². The van der Waals surface area contributed by atoms with E-state index in [4.69, 9.17) is 11.6 Å². The molecule has 5 heteroatoms. The van der Waals surface area contributed by atoms with Crippen LogP contribution in [-0.4, -0.2) is 48.2 Å². The normalized spacial score (nSPS) is 23.0. The third-order valence-corrected chi connectivity index (χ3v) is 7.62. The molecule has 2 aliphatic carbocycles. The van der Waals surface area contributed by atoms with Gasteiger partial charge in [0.05, 0.1) is 17.2 Å². The van der Waals surface area contributed by atoms with Crippen molar-refractivity contribution in [3.05, 3.63) is 41.8 Å². The number of carbonyl (C=O) groups excluding carboxylic acids is 1. The molecular formula is C26H41ClN2O2. The quantitative estimate of drug-likeness (QED) is 0.504. The average Bonchev–Trinajstić information content (AvgIpc) is 2.72. The second kappa shape index (κ2) is 12.2. The molecule has 1 aromatic rings. The largest absolute Gasteiger partial charge is 0.395 e. The number of fused-ring (bicyclic) bond motifs is 2. The monoisotopic (exact) mass is 448 g/mol. The van der Waals surface area contributed by atoms with Gasteiger partial charge in [-0.2, -0.15) is 0 Å². The topological polar surface area (TPSA) is 52.6 Å². The molecule has 2 radical (unpaired) electrons. The molecule has 2 aliphatic rings. The number of aliphatic hydroxyl groups excluding tert-OH is 1. The van der Waals surface area contributed by atoms with Crippen molar-refractivity contribution in [2.45, 2.75) is 77.7 Å². The molecule has 1 amide bonds. The summed E-state index contributed by atoms with van der Waals surface area (Å²) in [5, 5.41) is 13.0. The molecule has 0 aliphatic heterocycles. The molecule has 174 valence electrons. The van der Waals surface area contributed by atoms with Gasteiger partial charge >= 0.3 is 0 Å². The van der Waals surface area contributed by atoms with Crippen molar-refractivity contribution in [2.24, 2.45) is 11.3 Å². The maximum absolute atomic E-state index is 12.9. The fourth-order valence-electron chi connectivity index (χ4n) is 5.58. The summed E-state index contributed by atoms with van der Waals surface area (Å²) in [6.07, 6.45) is 11.0. The van der Waals surface area contributed by atoms with Crippen molar-refractivity contribution >= 4 is 17.5 Å². The molecule has 2 saturated carbocycles. The van der Waals surface area contributed by atoms with Crippen molar-refractivity contribution < 1.29 is 9.90 Å². The molecule has 0 unspecified atom stereocenters. The maximum atomic E-state index is 12.9. The van der Waals surface area contributed by atoms with Gasteiger partial charge in [0.25, 0.3) is 5.91 Å². The van der Waals surface area contributed by atoms with Gasteiger partial charge in [-0.25, -0.2) is 0 Å². The number of hydrogen-bond acceptors (Lipinski definition) is 3. The Bertz CT molecular complexity index is 697. The fraction of sp³-hybridized carbons (Fsp3) is 0.692. The summed E-state index contributed by atoms with van der Waals surface area (Å²) in [5.41, 5.74) is 2.06. The number of halogens is 1. The maximum Gasteiger partial charge on any atom is 0.252 e. The molecule has 0 heterocycles. The predicted octanol–water partition coefficient (Wildman–Crippen LogP) is 5.39. The Hall–Kier alpha value is -1.10. The summed E-state index contributed by atoms with van der Waals surface area (Å²) in [7, 11) is 0. The summed E-state index contributed by atoms with van der Waals surface area (Å²) >= 11 is 6.39. The Morgan fingerprint density at radius 3 is 2.61 bits per heavy atom. The zero-order chi connectivity index (χ0) is 21.6. The molecule has 0 atom stereocenters. The van der Waals surface area contributed by atoms with Crippen molar-refractivity contribution in [1.82, 2.24) is 10.2 Å². The summed E-state index contributed by atoms with van der Waals surface area (Å²) in [6.45, 7) is 6.92. The predicted molar refractivity (Wildman–Crippen MR) is 130 cm³/mol. The lowest BCUT2D eigenvalue weighted by Gasteiger charge is -2.45. The van der Waals surface area contributed by atoms with Crippen molar-refractivity contribution in [1.29, 1.82) is 0 Å². The van der Waals surface area contributed by atoms with Crippen molar-refractivity contribution in [2.75, 3.05) is 26.2 Å². The molecular weight excluding hydrogens is 408 g/mol. The number of amides is 1. The molecule has 31 heavy (non-hydrogen) atoms. The van der Waals surface area contributed by atoms with Gasteiger partial charge in [-0.1, -0.05) is 50.8 Å². The first-order valence-electron chi connectivity index (χ1n) is 11.8. The van der Waals surface area contributed by atoms with E-state index in [1.165, 1.54) is 44.9 Å². The van der Waals surface area contributed by atoms with Gasteiger partial charge in [0, 0.05) is 19.1 Å². The van der Waals surface area contributed by atoms with Gasteiger partial charge in [0.2, 0.25) is 0 Å². The lowest BCUT2D eigenvalue weighted by atomic mass is 9.62. The molecule has 2 bridgehead atoms. The standard InChI is InChI=1S/C25H39ClN2O2.CH2/c1-19(2)28(14-15-29)13-5-8-20-9-10-23(26)22(16-20)24(30)27-18-25-11-3-6-21(17-25)7-4-12-25;/h9-10,16,19,21,29H,3-8,11-15,17-18H2,1-2H3,(H,27,30);1H2. The van der Waals surface area contributed by atoms with Crippen LogP contribution in [0.4, 0.5) is 0 Å². The van der Waals surface area contributed by atoms with Crippen LogP contribution in [0.3, 0.4) is 0 Å². The first-order chi connectivity index (χ1) is 14.4. The number of aryl methyl sites for hydroxylation is 1. The van der Waals surface area contributed by atoms with Crippen LogP contribution in [0.25, 0.3) is 0 Å². The third-order valence-electron chi connectivity index (χ3n) is 7.29. The number of hydrogen-bond donors (Lipinski definition) is 2. The highest BCUT2D eigenvalue weighted by molar-refractivity contribution is 6.33. The van der Waals surface area contributed by atoms with E-state index in [-0.39, 0.29) is 19.9 Å². The second-order valence-electron chi connectivity index (χ2n) is 9.81. The van der Waals surface area contributed by atoms with E-state index in [9.17, 15) is 9.90 Å². The highest BCUT2D eigenvalue weighted by Gasteiger charge is 2.39. The number of rotatable bonds is 10. The van der Waals surface area contributed by atoms with Crippen LogP contribution in [0, 0.1) is 18.8 Å². The minimum Gasteiger partial charge on any atom is -0.395 e. The highest BCUT2D eigenvalue weighted by atomic mass is 35.5. The Balaban J connectivity index is 0.00000341. The van der Waals surface area contributed by atoms with Crippen LogP contribution in [0.5, 0.6) is 0 Å². The first kappa shape index (κ1) is 26.2. The van der Waals surface area contributed by atoms with Crippen LogP contribution in [0.2, 0.25) is 5.02 Å². The molecule has 3 rings (SSSR count). The van der Waals surface area contributed by atoms with E-state index < -0.39 is 0 Å². The number of nitrogens with zero attached hydrogens (tertiary/aromatic N) is 1. The zero-order valence-corrected chi connectivity index (χ0v) is 20.2. The average molecular weight is 449 g/mol. The van der Waals surface area contributed by atoms with E-state index in [0.29, 0.717) is 28.6 Å².